The Hall–Kier alpha value is -2.43. The third kappa shape index (κ3) is 2.45. The Morgan fingerprint density at radius 2 is 1.94 bits per heavy atom. The van der Waals surface area contributed by atoms with Gasteiger partial charge in [-0.15, -0.1) is 0 Å². The Kier molecular flexibility index (Phi) is 3.52. The Balaban J connectivity index is 2.24. The van der Waals surface area contributed by atoms with Gasteiger partial charge in [0.15, 0.2) is 11.6 Å². The molecule has 92 valence electrons. The highest BCUT2D eigenvalue weighted by Crippen LogP contribution is 2.16. The predicted molar refractivity (Wildman–Crippen MR) is 68.1 cm³/mol. The second kappa shape index (κ2) is 5.27. The summed E-state index contributed by atoms with van der Waals surface area (Å²) in [7, 11) is 1.55. The highest BCUT2D eigenvalue weighted by molar-refractivity contribution is 6.04. The molecule has 18 heavy (non-hydrogen) atoms. The average molecular weight is 245 g/mol. The molecule has 2 N–H and O–H groups in total. The molecule has 0 saturated heterocycles. The van der Waals surface area contributed by atoms with Crippen LogP contribution in [-0.2, 0) is 0 Å². The Morgan fingerprint density at radius 1 is 1.22 bits per heavy atom. The van der Waals surface area contributed by atoms with Crippen molar-refractivity contribution in [2.45, 2.75) is 0 Å². The second-order valence-corrected chi connectivity index (χ2v) is 3.59. The van der Waals surface area contributed by atoms with Gasteiger partial charge >= 0.3 is 0 Å². The van der Waals surface area contributed by atoms with Crippen molar-refractivity contribution < 1.29 is 9.18 Å². The fraction of sp³-hybridized carbons (Fsp3) is 0.0769. The quantitative estimate of drug-likeness (QED) is 0.873. The Morgan fingerprint density at radius 3 is 2.61 bits per heavy atom. The lowest BCUT2D eigenvalue weighted by molar-refractivity contribution is 0.102. The number of carbonyl (C=O) groups excluding carboxylic acids is 1. The van der Waals surface area contributed by atoms with Crippen LogP contribution in [0.1, 0.15) is 10.4 Å². The van der Waals surface area contributed by atoms with E-state index < -0.39 is 11.7 Å². The molecular weight excluding hydrogens is 233 g/mol. The SMILES string of the molecule is CNc1nccc(C(=O)Nc2ccccc2)c1F. The van der Waals surface area contributed by atoms with E-state index in [9.17, 15) is 9.18 Å². The van der Waals surface area contributed by atoms with Crippen molar-refractivity contribution >= 4 is 17.4 Å². The minimum Gasteiger partial charge on any atom is -0.371 e. The number of para-hydroxylation sites is 1. The summed E-state index contributed by atoms with van der Waals surface area (Å²) in [4.78, 5) is 15.7. The van der Waals surface area contributed by atoms with Gasteiger partial charge in [-0.1, -0.05) is 18.2 Å². The lowest BCUT2D eigenvalue weighted by atomic mass is 10.2. The normalized spacial score (nSPS) is 9.89. The number of nitrogens with one attached hydrogen (secondary N) is 2. The molecule has 2 rings (SSSR count). The maximum atomic E-state index is 13.8. The number of carbonyl (C=O) groups is 1. The van der Waals surface area contributed by atoms with Gasteiger partial charge in [0, 0.05) is 18.9 Å². The molecule has 0 aliphatic carbocycles. The van der Waals surface area contributed by atoms with E-state index in [-0.39, 0.29) is 11.4 Å². The van der Waals surface area contributed by atoms with E-state index in [4.69, 9.17) is 0 Å². The van der Waals surface area contributed by atoms with Crippen LogP contribution in [0.25, 0.3) is 0 Å². The van der Waals surface area contributed by atoms with E-state index in [0.29, 0.717) is 5.69 Å². The molecule has 1 aromatic carbocycles. The van der Waals surface area contributed by atoms with Crippen molar-refractivity contribution in [1.29, 1.82) is 0 Å². The lowest BCUT2D eigenvalue weighted by Crippen LogP contribution is -2.15. The lowest BCUT2D eigenvalue weighted by Gasteiger charge is -2.07. The number of hydrogen-bond acceptors (Lipinski definition) is 3. The maximum absolute atomic E-state index is 13.8. The first-order valence-electron chi connectivity index (χ1n) is 5.41. The number of aromatic nitrogens is 1. The molecule has 0 aliphatic rings. The molecule has 1 aromatic heterocycles. The van der Waals surface area contributed by atoms with E-state index in [2.05, 4.69) is 15.6 Å². The fourth-order valence-electron chi connectivity index (χ4n) is 1.51. The number of halogens is 1. The smallest absolute Gasteiger partial charge is 0.258 e. The summed E-state index contributed by atoms with van der Waals surface area (Å²) in [5, 5.41) is 5.20. The first-order chi connectivity index (χ1) is 8.72. The van der Waals surface area contributed by atoms with Crippen molar-refractivity contribution in [3.8, 4) is 0 Å². The van der Waals surface area contributed by atoms with Crippen molar-refractivity contribution in [2.75, 3.05) is 17.7 Å². The van der Waals surface area contributed by atoms with Crippen LogP contribution in [0.15, 0.2) is 42.6 Å². The molecule has 0 unspecified atom stereocenters. The first-order valence-corrected chi connectivity index (χ1v) is 5.41. The van der Waals surface area contributed by atoms with Crippen LogP contribution < -0.4 is 10.6 Å². The third-order valence-corrected chi connectivity index (χ3v) is 2.40. The van der Waals surface area contributed by atoms with Crippen LogP contribution >= 0.6 is 0 Å². The van der Waals surface area contributed by atoms with Crippen molar-refractivity contribution in [2.24, 2.45) is 0 Å². The number of hydrogen-bond donors (Lipinski definition) is 2. The molecule has 0 fully saturated rings. The van der Waals surface area contributed by atoms with Crippen molar-refractivity contribution in [3.63, 3.8) is 0 Å². The second-order valence-electron chi connectivity index (χ2n) is 3.59. The Labute approximate surface area is 104 Å². The number of benzene rings is 1. The van der Waals surface area contributed by atoms with Crippen LogP contribution in [0.5, 0.6) is 0 Å². The molecule has 0 saturated carbocycles. The minimum atomic E-state index is -0.659. The number of anilines is 2. The van der Waals surface area contributed by atoms with Crippen LogP contribution in [0, 0.1) is 5.82 Å². The zero-order chi connectivity index (χ0) is 13.0. The molecule has 4 nitrogen and oxygen atoms in total. The standard InChI is InChI=1S/C13H12FN3O/c1-15-12-11(14)10(7-8-16-12)13(18)17-9-5-3-2-4-6-9/h2-8H,1H3,(H,15,16)(H,17,18). The zero-order valence-corrected chi connectivity index (χ0v) is 9.77. The summed E-state index contributed by atoms with van der Waals surface area (Å²) in [6.45, 7) is 0. The van der Waals surface area contributed by atoms with Crippen LogP contribution in [-0.4, -0.2) is 17.9 Å². The third-order valence-electron chi connectivity index (χ3n) is 2.40. The predicted octanol–water partition coefficient (Wildman–Crippen LogP) is 2.51. The van der Waals surface area contributed by atoms with Gasteiger partial charge in [0.1, 0.15) is 0 Å². The summed E-state index contributed by atoms with van der Waals surface area (Å²) in [5.41, 5.74) is 0.572. The van der Waals surface area contributed by atoms with E-state index >= 15 is 0 Å². The topological polar surface area (TPSA) is 54.0 Å². The summed E-state index contributed by atoms with van der Waals surface area (Å²) in [6, 6.07) is 10.2. The molecule has 1 heterocycles. The van der Waals surface area contributed by atoms with Crippen LogP contribution in [0.3, 0.4) is 0 Å². The van der Waals surface area contributed by atoms with E-state index in [0.717, 1.165) is 0 Å². The summed E-state index contributed by atoms with van der Waals surface area (Å²) in [5.74, 6) is -1.11. The molecule has 0 bridgehead atoms. The Bertz CT molecular complexity index is 557. The maximum Gasteiger partial charge on any atom is 0.258 e. The van der Waals surface area contributed by atoms with E-state index in [1.807, 2.05) is 6.07 Å². The van der Waals surface area contributed by atoms with Gasteiger partial charge in [-0.3, -0.25) is 4.79 Å². The van der Waals surface area contributed by atoms with Gasteiger partial charge in [-0.05, 0) is 18.2 Å². The molecule has 5 heteroatoms. The van der Waals surface area contributed by atoms with Gasteiger partial charge in [0.05, 0.1) is 5.56 Å². The zero-order valence-electron chi connectivity index (χ0n) is 9.77. The van der Waals surface area contributed by atoms with Crippen molar-refractivity contribution in [1.82, 2.24) is 4.98 Å². The highest BCUT2D eigenvalue weighted by Gasteiger charge is 2.15. The van der Waals surface area contributed by atoms with Gasteiger partial charge in [0.25, 0.3) is 5.91 Å². The molecule has 0 radical (unpaired) electrons. The van der Waals surface area contributed by atoms with Gasteiger partial charge in [-0.25, -0.2) is 9.37 Å². The van der Waals surface area contributed by atoms with E-state index in [1.54, 1.807) is 31.3 Å². The number of nitrogens with zero attached hydrogens (tertiary/aromatic N) is 1. The average Bonchev–Trinajstić information content (AvgIpc) is 2.40. The first kappa shape index (κ1) is 12.0. The van der Waals surface area contributed by atoms with E-state index in [1.165, 1.54) is 12.3 Å². The molecule has 2 aromatic rings. The summed E-state index contributed by atoms with van der Waals surface area (Å²) in [6.07, 6.45) is 1.38. The van der Waals surface area contributed by atoms with Gasteiger partial charge in [0.2, 0.25) is 0 Å². The number of pyridine rings is 1. The molecule has 0 atom stereocenters. The molecule has 0 spiro atoms. The molecule has 0 aliphatic heterocycles. The summed E-state index contributed by atoms with van der Waals surface area (Å²) >= 11 is 0. The van der Waals surface area contributed by atoms with Crippen LogP contribution in [0.4, 0.5) is 15.9 Å². The van der Waals surface area contributed by atoms with Gasteiger partial charge < -0.3 is 10.6 Å². The highest BCUT2D eigenvalue weighted by atomic mass is 19.1. The largest absolute Gasteiger partial charge is 0.371 e. The van der Waals surface area contributed by atoms with Crippen LogP contribution in [0.2, 0.25) is 0 Å². The molecule has 1 amide bonds. The van der Waals surface area contributed by atoms with Crippen molar-refractivity contribution in [3.05, 3.63) is 54.0 Å². The number of rotatable bonds is 3. The molecular formula is C13H12FN3O. The fourth-order valence-corrected chi connectivity index (χ4v) is 1.51. The monoisotopic (exact) mass is 245 g/mol. The number of amides is 1. The minimum absolute atomic E-state index is 0.0433. The van der Waals surface area contributed by atoms with Gasteiger partial charge in [-0.2, -0.15) is 0 Å². The summed E-state index contributed by atoms with van der Waals surface area (Å²) < 4.78 is 13.8.